The van der Waals surface area contributed by atoms with Gasteiger partial charge in [0.1, 0.15) is 12.6 Å². The van der Waals surface area contributed by atoms with Crippen LogP contribution < -0.4 is 9.62 Å². The van der Waals surface area contributed by atoms with E-state index in [1.807, 2.05) is 27.7 Å². The fourth-order valence-corrected chi connectivity index (χ4v) is 6.06. The van der Waals surface area contributed by atoms with Gasteiger partial charge in [-0.3, -0.25) is 13.9 Å². The Labute approximate surface area is 247 Å². The first-order valence-electron chi connectivity index (χ1n) is 13.2. The maximum atomic E-state index is 14.1. The average Bonchev–Trinajstić information content (AvgIpc) is 2.93. The summed E-state index contributed by atoms with van der Waals surface area (Å²) in [6.45, 7) is 7.02. The molecule has 214 valence electrons. The van der Waals surface area contributed by atoms with E-state index in [1.165, 1.54) is 17.0 Å². The molecule has 10 heteroatoms. The van der Waals surface area contributed by atoms with Crippen molar-refractivity contribution in [1.29, 1.82) is 0 Å². The van der Waals surface area contributed by atoms with Crippen LogP contribution in [0.3, 0.4) is 0 Å². The number of halogens is 2. The standard InChI is InChI=1S/C30H35Cl2N3O4S/c1-5-22(4)33-30(37)28(6-2)34(19-23-14-15-24(31)18-27(23)32)29(36)20-35(25-16-12-21(3)13-17-25)40(38,39)26-10-8-7-9-11-26/h7-18,22,28H,5-6,19-20H2,1-4H3,(H,33,37)/t22-,28+/m0/s1. The largest absolute Gasteiger partial charge is 0.352 e. The average molecular weight is 605 g/mol. The smallest absolute Gasteiger partial charge is 0.264 e. The van der Waals surface area contributed by atoms with Crippen LogP contribution in [0.15, 0.2) is 77.7 Å². The quantitative estimate of drug-likeness (QED) is 0.266. The zero-order chi connectivity index (χ0) is 29.4. The fraction of sp³-hybridized carbons (Fsp3) is 0.333. The Morgan fingerprint density at radius 1 is 0.925 bits per heavy atom. The van der Waals surface area contributed by atoms with Crippen LogP contribution in [0.1, 0.15) is 44.7 Å². The molecule has 0 saturated heterocycles. The highest BCUT2D eigenvalue weighted by Crippen LogP contribution is 2.27. The molecule has 2 atom stereocenters. The minimum Gasteiger partial charge on any atom is -0.352 e. The maximum absolute atomic E-state index is 14.1. The van der Waals surface area contributed by atoms with E-state index in [0.29, 0.717) is 27.7 Å². The zero-order valence-corrected chi connectivity index (χ0v) is 25.4. The Hall–Kier alpha value is -3.07. The van der Waals surface area contributed by atoms with E-state index < -0.39 is 28.5 Å². The molecule has 0 radical (unpaired) electrons. The van der Waals surface area contributed by atoms with Gasteiger partial charge >= 0.3 is 0 Å². The summed E-state index contributed by atoms with van der Waals surface area (Å²) in [6, 6.07) is 18.8. The third-order valence-corrected chi connectivity index (χ3v) is 9.05. The minimum atomic E-state index is -4.12. The van der Waals surface area contributed by atoms with Gasteiger partial charge in [-0.2, -0.15) is 0 Å². The predicted molar refractivity (Wildman–Crippen MR) is 161 cm³/mol. The number of hydrogen-bond donors (Lipinski definition) is 1. The number of nitrogens with zero attached hydrogens (tertiary/aromatic N) is 2. The van der Waals surface area contributed by atoms with Crippen molar-refractivity contribution in [2.75, 3.05) is 10.8 Å². The van der Waals surface area contributed by atoms with Gasteiger partial charge in [-0.05, 0) is 68.7 Å². The molecule has 0 bridgehead atoms. The summed E-state index contributed by atoms with van der Waals surface area (Å²) in [6.07, 6.45) is 1.03. The highest BCUT2D eigenvalue weighted by molar-refractivity contribution is 7.92. The molecule has 0 aromatic heterocycles. The van der Waals surface area contributed by atoms with E-state index in [4.69, 9.17) is 23.2 Å². The highest BCUT2D eigenvalue weighted by Gasteiger charge is 2.34. The van der Waals surface area contributed by atoms with Crippen LogP contribution in [0.25, 0.3) is 0 Å². The van der Waals surface area contributed by atoms with Gasteiger partial charge < -0.3 is 10.2 Å². The summed E-state index contributed by atoms with van der Waals surface area (Å²) in [5, 5.41) is 3.73. The third kappa shape index (κ3) is 7.77. The van der Waals surface area contributed by atoms with E-state index in [-0.39, 0.29) is 23.4 Å². The molecular formula is C30H35Cl2N3O4S. The van der Waals surface area contributed by atoms with Crippen LogP contribution in [0, 0.1) is 6.92 Å². The van der Waals surface area contributed by atoms with Crippen LogP contribution in [-0.4, -0.2) is 43.8 Å². The van der Waals surface area contributed by atoms with E-state index in [9.17, 15) is 18.0 Å². The molecule has 0 spiro atoms. The number of benzene rings is 3. The summed E-state index contributed by atoms with van der Waals surface area (Å²) in [5.41, 5.74) is 1.87. The molecule has 3 aromatic carbocycles. The molecule has 3 aromatic rings. The lowest BCUT2D eigenvalue weighted by molar-refractivity contribution is -0.140. The Morgan fingerprint density at radius 3 is 2.15 bits per heavy atom. The molecule has 0 fully saturated rings. The number of hydrogen-bond acceptors (Lipinski definition) is 4. The Morgan fingerprint density at radius 2 is 1.57 bits per heavy atom. The van der Waals surface area contributed by atoms with Crippen LogP contribution in [-0.2, 0) is 26.2 Å². The lowest BCUT2D eigenvalue weighted by Gasteiger charge is -2.34. The fourth-order valence-electron chi connectivity index (χ4n) is 4.15. The van der Waals surface area contributed by atoms with Crippen molar-refractivity contribution in [2.45, 2.75) is 64.1 Å². The summed E-state index contributed by atoms with van der Waals surface area (Å²) < 4.78 is 28.7. The second-order valence-corrected chi connectivity index (χ2v) is 12.4. The van der Waals surface area contributed by atoms with Gasteiger partial charge in [0.2, 0.25) is 11.8 Å². The van der Waals surface area contributed by atoms with Crippen molar-refractivity contribution in [3.05, 3.63) is 94.0 Å². The van der Waals surface area contributed by atoms with Crippen molar-refractivity contribution in [3.8, 4) is 0 Å². The topological polar surface area (TPSA) is 86.8 Å². The molecule has 40 heavy (non-hydrogen) atoms. The van der Waals surface area contributed by atoms with Crippen LogP contribution in [0.4, 0.5) is 5.69 Å². The van der Waals surface area contributed by atoms with E-state index in [2.05, 4.69) is 5.32 Å². The summed E-state index contributed by atoms with van der Waals surface area (Å²) in [5.74, 6) is -0.861. The molecule has 7 nitrogen and oxygen atoms in total. The number of anilines is 1. The molecule has 0 aliphatic carbocycles. The molecular weight excluding hydrogens is 569 g/mol. The monoisotopic (exact) mass is 603 g/mol. The second-order valence-electron chi connectivity index (χ2n) is 9.66. The lowest BCUT2D eigenvalue weighted by atomic mass is 10.1. The molecule has 0 heterocycles. The number of carbonyl (C=O) groups excluding carboxylic acids is 2. The van der Waals surface area contributed by atoms with E-state index >= 15 is 0 Å². The second kappa shape index (κ2) is 14.0. The van der Waals surface area contributed by atoms with Crippen molar-refractivity contribution >= 4 is 50.7 Å². The number of carbonyl (C=O) groups is 2. The van der Waals surface area contributed by atoms with Gasteiger partial charge in [-0.1, -0.05) is 79.0 Å². The molecule has 1 N–H and O–H groups in total. The van der Waals surface area contributed by atoms with Gasteiger partial charge in [0.25, 0.3) is 10.0 Å². The molecule has 0 aliphatic rings. The van der Waals surface area contributed by atoms with Gasteiger partial charge in [-0.25, -0.2) is 8.42 Å². The number of rotatable bonds is 12. The molecule has 0 saturated carbocycles. The van der Waals surface area contributed by atoms with Gasteiger partial charge in [-0.15, -0.1) is 0 Å². The van der Waals surface area contributed by atoms with E-state index in [0.717, 1.165) is 16.3 Å². The number of sulfonamides is 1. The molecule has 3 rings (SSSR count). The first-order chi connectivity index (χ1) is 19.0. The van der Waals surface area contributed by atoms with Crippen molar-refractivity contribution in [3.63, 3.8) is 0 Å². The minimum absolute atomic E-state index is 0.00556. The van der Waals surface area contributed by atoms with Crippen molar-refractivity contribution in [2.24, 2.45) is 0 Å². The van der Waals surface area contributed by atoms with Gasteiger partial charge in [0.05, 0.1) is 10.6 Å². The Bertz CT molecular complexity index is 1420. The normalized spacial score (nSPS) is 12.8. The first kappa shape index (κ1) is 31.5. The lowest BCUT2D eigenvalue weighted by Crippen LogP contribution is -2.53. The summed E-state index contributed by atoms with van der Waals surface area (Å²) >= 11 is 12.5. The SMILES string of the molecule is CC[C@H](C(=O)N[C@@H](C)CC)N(Cc1ccc(Cl)cc1Cl)C(=O)CN(c1ccc(C)cc1)S(=O)(=O)c1ccccc1. The van der Waals surface area contributed by atoms with E-state index in [1.54, 1.807) is 60.7 Å². The molecule has 0 unspecified atom stereocenters. The Kier molecular flexibility index (Phi) is 11.0. The summed E-state index contributed by atoms with van der Waals surface area (Å²) in [4.78, 5) is 28.9. The van der Waals surface area contributed by atoms with Gasteiger partial charge in [0.15, 0.2) is 0 Å². The molecule has 2 amide bonds. The highest BCUT2D eigenvalue weighted by atomic mass is 35.5. The first-order valence-corrected chi connectivity index (χ1v) is 15.4. The van der Waals surface area contributed by atoms with Crippen molar-refractivity contribution < 1.29 is 18.0 Å². The molecule has 0 aliphatic heterocycles. The zero-order valence-electron chi connectivity index (χ0n) is 23.1. The number of amides is 2. The Balaban J connectivity index is 2.07. The van der Waals surface area contributed by atoms with Crippen LogP contribution in [0.2, 0.25) is 10.0 Å². The van der Waals surface area contributed by atoms with Crippen LogP contribution in [0.5, 0.6) is 0 Å². The number of nitrogens with one attached hydrogen (secondary N) is 1. The number of aryl methyl sites for hydroxylation is 1. The third-order valence-electron chi connectivity index (χ3n) is 6.67. The predicted octanol–water partition coefficient (Wildman–Crippen LogP) is 6.22. The van der Waals surface area contributed by atoms with Gasteiger partial charge in [0, 0.05) is 22.6 Å². The van der Waals surface area contributed by atoms with Crippen molar-refractivity contribution in [1.82, 2.24) is 10.2 Å². The summed E-state index contributed by atoms with van der Waals surface area (Å²) in [7, 11) is -4.12. The maximum Gasteiger partial charge on any atom is 0.264 e. The van der Waals surface area contributed by atoms with Crippen LogP contribution >= 0.6 is 23.2 Å².